The van der Waals surface area contributed by atoms with Gasteiger partial charge in [-0.15, -0.1) is 0 Å². The van der Waals surface area contributed by atoms with Crippen LogP contribution in [-0.2, 0) is 14.4 Å². The van der Waals surface area contributed by atoms with Crippen LogP contribution in [0.4, 0.5) is 0 Å². The summed E-state index contributed by atoms with van der Waals surface area (Å²) in [4.78, 5) is 32.4. The molecule has 0 aromatic rings. The molecule has 0 aliphatic carbocycles. The molecule has 0 aliphatic heterocycles. The van der Waals surface area contributed by atoms with Crippen molar-refractivity contribution in [2.75, 3.05) is 0 Å². The van der Waals surface area contributed by atoms with Gasteiger partial charge in [0.15, 0.2) is 0 Å². The van der Waals surface area contributed by atoms with Crippen molar-refractivity contribution in [3.63, 3.8) is 0 Å². The van der Waals surface area contributed by atoms with Crippen LogP contribution in [0.3, 0.4) is 0 Å². The summed E-state index contributed by atoms with van der Waals surface area (Å²) in [6, 6.07) is 0. The fraction of sp³-hybridized carbons (Fsp3) is 0.900. The van der Waals surface area contributed by atoms with Gasteiger partial charge < -0.3 is 29.7 Å². The van der Waals surface area contributed by atoms with Crippen LogP contribution < -0.4 is 15.3 Å². The molecule has 0 fully saturated rings. The first-order chi connectivity index (χ1) is 16.7. The van der Waals surface area contributed by atoms with E-state index >= 15 is 0 Å². The Balaban J connectivity index is -0.000000218. The van der Waals surface area contributed by atoms with Crippen molar-refractivity contribution in [3.05, 3.63) is 0 Å². The molecule has 0 aromatic carbocycles. The summed E-state index contributed by atoms with van der Waals surface area (Å²) in [7, 11) is 0. The summed E-state index contributed by atoms with van der Waals surface area (Å²) in [5.74, 6) is -2.67. The van der Waals surface area contributed by atoms with Crippen molar-refractivity contribution >= 4 is 17.9 Å². The molecule has 0 N–H and O–H groups in total. The van der Waals surface area contributed by atoms with Gasteiger partial charge in [-0.05, 0) is 38.5 Å². The molecule has 7 heteroatoms. The smallest absolute Gasteiger partial charge is 0.550 e. The van der Waals surface area contributed by atoms with E-state index in [1.807, 2.05) is 20.8 Å². The Hall–Kier alpha value is -0.304. The second-order valence-electron chi connectivity index (χ2n) is 11.1. The van der Waals surface area contributed by atoms with Gasteiger partial charge in [0.05, 0.1) is 0 Å². The number of aliphatic carboxylic acids is 3. The maximum Gasteiger partial charge on any atom is 3.00 e. The van der Waals surface area contributed by atoms with Gasteiger partial charge >= 0.3 is 38.6 Å². The first-order valence-electron chi connectivity index (χ1n) is 14.3. The third-order valence-electron chi connectivity index (χ3n) is 7.13. The van der Waals surface area contributed by atoms with Crippen molar-refractivity contribution in [1.82, 2.24) is 0 Å². The molecule has 3 atom stereocenters. The number of hydrogen-bond donors (Lipinski definition) is 0. The molecule has 0 aliphatic rings. The summed E-state index contributed by atoms with van der Waals surface area (Å²) in [5.41, 5.74) is -1.78. The second-order valence-corrected chi connectivity index (χ2v) is 11.1. The molecule has 0 rings (SSSR count). The van der Waals surface area contributed by atoms with E-state index in [4.69, 9.17) is 0 Å². The van der Waals surface area contributed by atoms with Gasteiger partial charge in [0, 0.05) is 34.2 Å². The summed E-state index contributed by atoms with van der Waals surface area (Å²) < 4.78 is 0. The molecule has 37 heavy (non-hydrogen) atoms. The molecule has 0 heterocycles. The minimum Gasteiger partial charge on any atom is -0.550 e. The van der Waals surface area contributed by atoms with Crippen molar-refractivity contribution in [2.45, 2.75) is 159 Å². The van der Waals surface area contributed by atoms with Gasteiger partial charge in [0.2, 0.25) is 0 Å². The summed E-state index contributed by atoms with van der Waals surface area (Å²) in [6.45, 7) is 17.6. The van der Waals surface area contributed by atoms with Gasteiger partial charge in [0.25, 0.3) is 0 Å². The molecular weight excluding hydrogens is 615 g/mol. The number of unbranched alkanes of at least 4 members (excludes halogenated alkanes) is 3. The van der Waals surface area contributed by atoms with Crippen LogP contribution in [-0.4, -0.2) is 17.9 Å². The fourth-order valence-corrected chi connectivity index (χ4v) is 4.34. The molecular formula is C30H57O6Tb. The zero-order valence-corrected chi connectivity index (χ0v) is 27.5. The molecule has 6 nitrogen and oxygen atoms in total. The van der Waals surface area contributed by atoms with Crippen LogP contribution >= 0.6 is 0 Å². The van der Waals surface area contributed by atoms with E-state index in [1.165, 1.54) is 0 Å². The Labute approximate surface area is 259 Å². The standard InChI is InChI=1S/3C10H20O2.Tb/c3*1-4-6-8-10(3,7-5-2)9(11)12;/h3*4-8H2,1-3H3,(H,11,12);/q;;;+3/p-3. The van der Waals surface area contributed by atoms with E-state index in [-0.39, 0.29) is 38.6 Å². The monoisotopic (exact) mass is 672 g/mol. The largest absolute Gasteiger partial charge is 3.00 e. The first kappa shape index (κ1) is 43.7. The van der Waals surface area contributed by atoms with Crippen molar-refractivity contribution < 1.29 is 68.3 Å². The van der Waals surface area contributed by atoms with Crippen molar-refractivity contribution in [3.8, 4) is 0 Å². The van der Waals surface area contributed by atoms with Crippen molar-refractivity contribution in [2.24, 2.45) is 16.2 Å². The predicted octanol–water partition coefficient (Wildman–Crippen LogP) is 5.20. The third kappa shape index (κ3) is 20.3. The Morgan fingerprint density at radius 2 is 0.622 bits per heavy atom. The van der Waals surface area contributed by atoms with Crippen LogP contribution in [0.25, 0.3) is 0 Å². The minimum absolute atomic E-state index is 0. The van der Waals surface area contributed by atoms with Crippen LogP contribution in [0.15, 0.2) is 0 Å². The maximum atomic E-state index is 10.8. The van der Waals surface area contributed by atoms with Gasteiger partial charge in [-0.2, -0.15) is 0 Å². The summed E-state index contributed by atoms with van der Waals surface area (Å²) in [6.07, 6.45) is 13.3. The van der Waals surface area contributed by atoms with Crippen LogP contribution in [0.1, 0.15) is 159 Å². The molecule has 0 saturated heterocycles. The zero-order chi connectivity index (χ0) is 28.8. The molecule has 222 valence electrons. The molecule has 0 bridgehead atoms. The summed E-state index contributed by atoms with van der Waals surface area (Å²) >= 11 is 0. The number of carboxylic acids is 3. The average molecular weight is 673 g/mol. The molecule has 0 saturated carbocycles. The second kappa shape index (κ2) is 24.7. The van der Waals surface area contributed by atoms with E-state index in [2.05, 4.69) is 20.8 Å². The number of carboxylic acid groups (broad SMARTS) is 3. The average Bonchev–Trinajstić information content (AvgIpc) is 2.81. The van der Waals surface area contributed by atoms with Gasteiger partial charge in [-0.1, -0.05) is 120 Å². The molecule has 0 amide bonds. The normalized spacial score (nSPS) is 15.2. The third-order valence-corrected chi connectivity index (χ3v) is 7.13. The molecule has 0 aromatic heterocycles. The molecule has 0 spiro atoms. The number of rotatable bonds is 18. The minimum atomic E-state index is -0.891. The predicted molar refractivity (Wildman–Crippen MR) is 143 cm³/mol. The first-order valence-corrected chi connectivity index (χ1v) is 14.3. The van der Waals surface area contributed by atoms with E-state index in [0.29, 0.717) is 0 Å². The Morgan fingerprint density at radius 3 is 0.730 bits per heavy atom. The van der Waals surface area contributed by atoms with Gasteiger partial charge in [-0.3, -0.25) is 0 Å². The topological polar surface area (TPSA) is 120 Å². The maximum absolute atomic E-state index is 10.8. The van der Waals surface area contributed by atoms with E-state index in [1.54, 1.807) is 20.8 Å². The van der Waals surface area contributed by atoms with E-state index < -0.39 is 34.2 Å². The van der Waals surface area contributed by atoms with Crippen LogP contribution in [0.5, 0.6) is 0 Å². The van der Waals surface area contributed by atoms with E-state index in [0.717, 1.165) is 96.3 Å². The van der Waals surface area contributed by atoms with Gasteiger partial charge in [-0.25, -0.2) is 0 Å². The Morgan fingerprint density at radius 1 is 0.432 bits per heavy atom. The van der Waals surface area contributed by atoms with Crippen molar-refractivity contribution in [1.29, 1.82) is 0 Å². The Kier molecular flexibility index (Phi) is 29.2. The number of hydrogen-bond acceptors (Lipinski definition) is 6. The molecule has 0 radical (unpaired) electrons. The van der Waals surface area contributed by atoms with Crippen LogP contribution in [0.2, 0.25) is 0 Å². The summed E-state index contributed by atoms with van der Waals surface area (Å²) in [5, 5.41) is 32.4. The fourth-order valence-electron chi connectivity index (χ4n) is 4.34. The number of carbonyl (C=O) groups excluding carboxylic acids is 3. The van der Waals surface area contributed by atoms with Gasteiger partial charge in [0.1, 0.15) is 0 Å². The van der Waals surface area contributed by atoms with Crippen LogP contribution in [0, 0.1) is 54.9 Å². The molecule has 3 unspecified atom stereocenters. The Bertz CT molecular complexity index is 516. The van der Waals surface area contributed by atoms with E-state index in [9.17, 15) is 29.7 Å². The quantitative estimate of drug-likeness (QED) is 0.198. The number of carbonyl (C=O) groups is 3. The SMILES string of the molecule is CCCCC(C)(CCC)C(=O)[O-].CCCCC(C)(CCC)C(=O)[O-].CCCCC(C)(CCC)C(=O)[O-].[Tb+3]. The zero-order valence-electron chi connectivity index (χ0n) is 25.4.